The van der Waals surface area contributed by atoms with Crippen LogP contribution < -0.4 is 0 Å². The predicted molar refractivity (Wildman–Crippen MR) is 92.0 cm³/mol. The molecule has 22 heavy (non-hydrogen) atoms. The highest BCUT2D eigenvalue weighted by Gasteiger charge is 2.35. The van der Waals surface area contributed by atoms with Gasteiger partial charge in [0, 0.05) is 5.41 Å². The van der Waals surface area contributed by atoms with Crippen molar-refractivity contribution in [1.29, 1.82) is 0 Å². The lowest BCUT2D eigenvalue weighted by atomic mass is 9.85. The van der Waals surface area contributed by atoms with E-state index in [4.69, 9.17) is 9.47 Å². The Kier molecular flexibility index (Phi) is 11.2. The van der Waals surface area contributed by atoms with E-state index in [1.54, 1.807) is 0 Å². The molecule has 132 valence electrons. The zero-order valence-electron chi connectivity index (χ0n) is 14.9. The normalized spacial score (nSPS) is 25.5. The number of hydrogen-bond acceptors (Lipinski definition) is 3. The molecule has 1 rings (SSSR count). The maximum absolute atomic E-state index is 9.55. The molecule has 0 aromatic carbocycles. The summed E-state index contributed by atoms with van der Waals surface area (Å²) in [5.41, 5.74) is -0.149. The Morgan fingerprint density at radius 3 is 1.86 bits per heavy atom. The molecule has 0 saturated carbocycles. The molecule has 0 amide bonds. The third-order valence-electron chi connectivity index (χ3n) is 4.81. The van der Waals surface area contributed by atoms with E-state index in [0.29, 0.717) is 13.2 Å². The van der Waals surface area contributed by atoms with E-state index in [9.17, 15) is 5.11 Å². The molecule has 0 aromatic heterocycles. The van der Waals surface area contributed by atoms with Gasteiger partial charge >= 0.3 is 0 Å². The lowest BCUT2D eigenvalue weighted by Gasteiger charge is -2.38. The second-order valence-corrected chi connectivity index (χ2v) is 7.08. The molecule has 1 aliphatic heterocycles. The van der Waals surface area contributed by atoms with Crippen LogP contribution in [0.2, 0.25) is 0 Å². The van der Waals surface area contributed by atoms with Gasteiger partial charge in [0.2, 0.25) is 0 Å². The van der Waals surface area contributed by atoms with E-state index >= 15 is 0 Å². The van der Waals surface area contributed by atoms with Crippen LogP contribution in [0.1, 0.15) is 90.9 Å². The Labute approximate surface area is 137 Å². The van der Waals surface area contributed by atoms with Gasteiger partial charge in [-0.2, -0.15) is 0 Å². The minimum absolute atomic E-state index is 0.0407. The van der Waals surface area contributed by atoms with Crippen molar-refractivity contribution < 1.29 is 14.6 Å². The molecule has 1 fully saturated rings. The van der Waals surface area contributed by atoms with Crippen LogP contribution in [0, 0.1) is 5.41 Å². The van der Waals surface area contributed by atoms with Crippen LogP contribution in [0.25, 0.3) is 0 Å². The molecule has 0 aromatic rings. The van der Waals surface area contributed by atoms with Crippen molar-refractivity contribution >= 4 is 0 Å². The summed E-state index contributed by atoms with van der Waals surface area (Å²) in [7, 11) is 0. The molecular weight excluding hydrogens is 276 g/mol. The van der Waals surface area contributed by atoms with Gasteiger partial charge < -0.3 is 14.6 Å². The van der Waals surface area contributed by atoms with Crippen molar-refractivity contribution in [2.24, 2.45) is 5.41 Å². The largest absolute Gasteiger partial charge is 0.396 e. The summed E-state index contributed by atoms with van der Waals surface area (Å²) < 4.78 is 11.7. The molecule has 0 atom stereocenters. The molecule has 1 aliphatic rings. The Bertz CT molecular complexity index is 247. The molecule has 0 radical (unpaired) electrons. The van der Waals surface area contributed by atoms with Crippen molar-refractivity contribution in [3.63, 3.8) is 0 Å². The van der Waals surface area contributed by atoms with Gasteiger partial charge in [-0.25, -0.2) is 0 Å². The van der Waals surface area contributed by atoms with Crippen LogP contribution in [0.15, 0.2) is 0 Å². The number of aliphatic hydroxyl groups excluding tert-OH is 1. The second kappa shape index (κ2) is 12.3. The maximum atomic E-state index is 9.55. The number of unbranched alkanes of at least 4 members (excludes halogenated alkanes) is 8. The first kappa shape index (κ1) is 19.9. The molecule has 0 aliphatic carbocycles. The Morgan fingerprint density at radius 1 is 0.818 bits per heavy atom. The Hall–Kier alpha value is -0.120. The average molecular weight is 315 g/mol. The first-order valence-corrected chi connectivity index (χ1v) is 9.60. The zero-order chi connectivity index (χ0) is 16.1. The fraction of sp³-hybridized carbons (Fsp3) is 1.00. The number of rotatable bonds is 13. The summed E-state index contributed by atoms with van der Waals surface area (Å²) in [5.74, 6) is 0. The highest BCUT2D eigenvalue weighted by Crippen LogP contribution is 2.30. The molecule has 1 N–H and O–H groups in total. The zero-order valence-corrected chi connectivity index (χ0v) is 14.9. The van der Waals surface area contributed by atoms with Crippen LogP contribution in [-0.2, 0) is 9.47 Å². The number of aliphatic hydroxyl groups is 1. The fourth-order valence-electron chi connectivity index (χ4n) is 3.26. The topological polar surface area (TPSA) is 38.7 Å². The van der Waals surface area contributed by atoms with Gasteiger partial charge in [0.15, 0.2) is 6.29 Å². The molecule has 0 bridgehead atoms. The van der Waals surface area contributed by atoms with Crippen LogP contribution in [-0.4, -0.2) is 31.2 Å². The van der Waals surface area contributed by atoms with E-state index in [1.165, 1.54) is 57.8 Å². The smallest absolute Gasteiger partial charge is 0.157 e. The predicted octanol–water partition coefficient (Wildman–Crippen LogP) is 5.06. The lowest BCUT2D eigenvalue weighted by Crippen LogP contribution is -2.44. The summed E-state index contributed by atoms with van der Waals surface area (Å²) in [6.45, 7) is 5.89. The van der Waals surface area contributed by atoms with Crippen molar-refractivity contribution in [3.05, 3.63) is 0 Å². The molecule has 0 spiro atoms. The Balaban J connectivity index is 1.96. The minimum atomic E-state index is -0.149. The van der Waals surface area contributed by atoms with Gasteiger partial charge in [0.05, 0.1) is 19.8 Å². The molecule has 0 unspecified atom stereocenters. The first-order chi connectivity index (χ1) is 10.8. The van der Waals surface area contributed by atoms with Crippen molar-refractivity contribution in [1.82, 2.24) is 0 Å². The van der Waals surface area contributed by atoms with Gasteiger partial charge in [0.25, 0.3) is 0 Å². The summed E-state index contributed by atoms with van der Waals surface area (Å²) in [6, 6.07) is 0. The highest BCUT2D eigenvalue weighted by molar-refractivity contribution is 4.80. The van der Waals surface area contributed by atoms with E-state index in [-0.39, 0.29) is 18.3 Å². The summed E-state index contributed by atoms with van der Waals surface area (Å²) in [4.78, 5) is 0. The van der Waals surface area contributed by atoms with E-state index in [1.807, 2.05) is 0 Å². The third kappa shape index (κ3) is 7.94. The summed E-state index contributed by atoms with van der Waals surface area (Å²) >= 11 is 0. The summed E-state index contributed by atoms with van der Waals surface area (Å²) in [6.07, 6.45) is 15.1. The fourth-order valence-corrected chi connectivity index (χ4v) is 3.26. The van der Waals surface area contributed by atoms with Gasteiger partial charge in [-0.1, -0.05) is 71.6 Å². The van der Waals surface area contributed by atoms with E-state index < -0.39 is 0 Å². The van der Waals surface area contributed by atoms with Crippen molar-refractivity contribution in [2.45, 2.75) is 97.2 Å². The van der Waals surface area contributed by atoms with Gasteiger partial charge in [0.1, 0.15) is 0 Å². The number of hydrogen-bond donors (Lipinski definition) is 1. The SMILES string of the molecule is CCCCCCCCCCCC1OCC(CO)(CCC)CO1. The minimum Gasteiger partial charge on any atom is -0.396 e. The lowest BCUT2D eigenvalue weighted by molar-refractivity contribution is -0.240. The van der Waals surface area contributed by atoms with Gasteiger partial charge in [-0.05, 0) is 19.3 Å². The van der Waals surface area contributed by atoms with Gasteiger partial charge in [-0.15, -0.1) is 0 Å². The van der Waals surface area contributed by atoms with Gasteiger partial charge in [-0.3, -0.25) is 0 Å². The maximum Gasteiger partial charge on any atom is 0.157 e. The quantitative estimate of drug-likeness (QED) is 0.483. The summed E-state index contributed by atoms with van der Waals surface area (Å²) in [5, 5.41) is 9.55. The van der Waals surface area contributed by atoms with Crippen LogP contribution in [0.4, 0.5) is 0 Å². The number of ether oxygens (including phenoxy) is 2. The second-order valence-electron chi connectivity index (χ2n) is 7.08. The van der Waals surface area contributed by atoms with E-state index in [2.05, 4.69) is 13.8 Å². The molecule has 3 nitrogen and oxygen atoms in total. The standard InChI is InChI=1S/C19H38O3/c1-3-5-6-7-8-9-10-11-12-13-18-21-16-19(15-20,14-4-2)17-22-18/h18,20H,3-17H2,1-2H3. The Morgan fingerprint density at radius 2 is 1.36 bits per heavy atom. The van der Waals surface area contributed by atoms with Crippen LogP contribution in [0.5, 0.6) is 0 Å². The average Bonchev–Trinajstić information content (AvgIpc) is 2.55. The van der Waals surface area contributed by atoms with E-state index in [0.717, 1.165) is 19.3 Å². The first-order valence-electron chi connectivity index (χ1n) is 9.60. The monoisotopic (exact) mass is 314 g/mol. The molecule has 1 heterocycles. The van der Waals surface area contributed by atoms with Crippen LogP contribution >= 0.6 is 0 Å². The van der Waals surface area contributed by atoms with Crippen LogP contribution in [0.3, 0.4) is 0 Å². The molecular formula is C19H38O3. The van der Waals surface area contributed by atoms with Crippen molar-refractivity contribution in [2.75, 3.05) is 19.8 Å². The molecule has 1 saturated heterocycles. The third-order valence-corrected chi connectivity index (χ3v) is 4.81. The molecule has 3 heteroatoms. The highest BCUT2D eigenvalue weighted by atomic mass is 16.7. The van der Waals surface area contributed by atoms with Crippen molar-refractivity contribution in [3.8, 4) is 0 Å².